The zero-order chi connectivity index (χ0) is 24.1. The summed E-state index contributed by atoms with van der Waals surface area (Å²) in [4.78, 5) is 14.5. The third-order valence-electron chi connectivity index (χ3n) is 5.99. The smallest absolute Gasteiger partial charge is 0.411 e. The van der Waals surface area contributed by atoms with Gasteiger partial charge in [0.25, 0.3) is 0 Å². The van der Waals surface area contributed by atoms with E-state index < -0.39 is 6.09 Å². The van der Waals surface area contributed by atoms with Gasteiger partial charge in [0.2, 0.25) is 5.75 Å². The number of anilines is 1. The van der Waals surface area contributed by atoms with Crippen LogP contribution in [0, 0.1) is 5.82 Å². The molecule has 0 radical (unpaired) electrons. The average molecular weight is 474 g/mol. The Labute approximate surface area is 196 Å². The van der Waals surface area contributed by atoms with Crippen molar-refractivity contribution in [1.82, 2.24) is 10.1 Å². The number of likely N-dealkylation sites (tertiary alicyclic amines) is 1. The Morgan fingerprint density at radius 2 is 1.82 bits per heavy atom. The fraction of sp³-hybridized carbons (Fsp3) is 0.417. The second-order valence-corrected chi connectivity index (χ2v) is 8.00. The first-order valence-corrected chi connectivity index (χ1v) is 11.0. The largest absolute Gasteiger partial charge is 0.493 e. The second-order valence-electron chi connectivity index (χ2n) is 8.00. The molecule has 4 rings (SSSR count). The molecular formula is C24H28FN3O6. The van der Waals surface area contributed by atoms with Gasteiger partial charge >= 0.3 is 6.09 Å². The van der Waals surface area contributed by atoms with Gasteiger partial charge in [0.05, 0.1) is 32.7 Å². The van der Waals surface area contributed by atoms with E-state index in [1.807, 2.05) is 0 Å². The van der Waals surface area contributed by atoms with E-state index in [1.165, 1.54) is 33.5 Å². The van der Waals surface area contributed by atoms with Crippen molar-refractivity contribution in [3.05, 3.63) is 41.8 Å². The minimum atomic E-state index is -0.564. The molecule has 0 aliphatic carbocycles. The van der Waals surface area contributed by atoms with Crippen LogP contribution >= 0.6 is 0 Å². The summed E-state index contributed by atoms with van der Waals surface area (Å²) in [5.74, 6) is 1.24. The molecule has 10 heteroatoms. The van der Waals surface area contributed by atoms with E-state index >= 15 is 0 Å². The van der Waals surface area contributed by atoms with Gasteiger partial charge in [-0.2, -0.15) is 0 Å². The summed E-state index contributed by atoms with van der Waals surface area (Å²) in [6.07, 6.45) is 1.23. The Balaban J connectivity index is 1.24. The van der Waals surface area contributed by atoms with Crippen molar-refractivity contribution in [2.45, 2.75) is 18.8 Å². The summed E-state index contributed by atoms with van der Waals surface area (Å²) in [5, 5.41) is 7.74. The van der Waals surface area contributed by atoms with Gasteiger partial charge in [-0.25, -0.2) is 9.18 Å². The fourth-order valence-electron chi connectivity index (χ4n) is 4.23. The molecule has 2 aromatic carbocycles. The first kappa shape index (κ1) is 23.6. The highest BCUT2D eigenvalue weighted by Crippen LogP contribution is 2.40. The van der Waals surface area contributed by atoms with Crippen LogP contribution in [0.25, 0.3) is 11.0 Å². The summed E-state index contributed by atoms with van der Waals surface area (Å²) in [6, 6.07) is 7.79. The quantitative estimate of drug-likeness (QED) is 0.514. The van der Waals surface area contributed by atoms with Gasteiger partial charge in [-0.3, -0.25) is 10.2 Å². The van der Waals surface area contributed by atoms with Crippen LogP contribution in [-0.2, 0) is 4.74 Å². The Kier molecular flexibility index (Phi) is 7.36. The third kappa shape index (κ3) is 5.17. The number of hydrogen-bond donors (Lipinski definition) is 1. The molecular weight excluding hydrogens is 445 g/mol. The fourth-order valence-corrected chi connectivity index (χ4v) is 4.23. The van der Waals surface area contributed by atoms with Gasteiger partial charge < -0.3 is 23.5 Å². The van der Waals surface area contributed by atoms with Crippen LogP contribution in [0.4, 0.5) is 14.9 Å². The topological polar surface area (TPSA) is 95.3 Å². The van der Waals surface area contributed by atoms with Gasteiger partial charge in [0, 0.05) is 36.0 Å². The van der Waals surface area contributed by atoms with E-state index in [0.717, 1.165) is 37.0 Å². The summed E-state index contributed by atoms with van der Waals surface area (Å²) in [6.45, 7) is 2.57. The maximum absolute atomic E-state index is 13.4. The summed E-state index contributed by atoms with van der Waals surface area (Å²) < 4.78 is 39.9. The van der Waals surface area contributed by atoms with Crippen molar-refractivity contribution < 1.29 is 32.7 Å². The average Bonchev–Trinajstić information content (AvgIpc) is 3.26. The van der Waals surface area contributed by atoms with E-state index in [-0.39, 0.29) is 18.3 Å². The SMILES string of the molecule is COc1cc(NC(=O)OCCN2CCC(c3noc4cc(F)ccc34)CC2)cc(OC)c1OC. The number of carbonyl (C=O) groups excluding carboxylic acids is 1. The Bertz CT molecular complexity index is 1120. The molecule has 1 aliphatic rings. The number of carbonyl (C=O) groups is 1. The lowest BCUT2D eigenvalue weighted by Gasteiger charge is -2.30. The molecule has 0 saturated carbocycles. The highest BCUT2D eigenvalue weighted by molar-refractivity contribution is 5.86. The standard InChI is InChI=1S/C24H28FN3O6/c1-30-20-13-17(14-21(31-2)23(20)32-3)26-24(29)33-11-10-28-8-6-15(7-9-28)22-18-5-4-16(25)12-19(18)34-27-22/h4-5,12-15H,6-11H2,1-3H3,(H,26,29). The van der Waals surface area contributed by atoms with E-state index in [9.17, 15) is 9.18 Å². The van der Waals surface area contributed by atoms with Crippen LogP contribution in [0.15, 0.2) is 34.9 Å². The van der Waals surface area contributed by atoms with Gasteiger partial charge in [-0.1, -0.05) is 5.16 Å². The number of ether oxygens (including phenoxy) is 4. The Hall–Kier alpha value is -3.53. The molecule has 1 aromatic heterocycles. The lowest BCUT2D eigenvalue weighted by atomic mass is 9.91. The van der Waals surface area contributed by atoms with Gasteiger partial charge in [-0.05, 0) is 38.1 Å². The maximum Gasteiger partial charge on any atom is 0.411 e. The lowest BCUT2D eigenvalue weighted by Crippen LogP contribution is -2.36. The number of nitrogens with zero attached hydrogens (tertiary/aromatic N) is 2. The van der Waals surface area contributed by atoms with Gasteiger partial charge in [0.1, 0.15) is 12.4 Å². The number of halogens is 1. The maximum atomic E-state index is 13.4. The van der Waals surface area contributed by atoms with Crippen molar-refractivity contribution in [3.63, 3.8) is 0 Å². The molecule has 1 aliphatic heterocycles. The number of rotatable bonds is 8. The van der Waals surface area contributed by atoms with Crippen molar-refractivity contribution >= 4 is 22.7 Å². The monoisotopic (exact) mass is 473 g/mol. The van der Waals surface area contributed by atoms with Gasteiger partial charge in [-0.15, -0.1) is 0 Å². The summed E-state index contributed by atoms with van der Waals surface area (Å²) in [5.41, 5.74) is 1.83. The number of aromatic nitrogens is 1. The summed E-state index contributed by atoms with van der Waals surface area (Å²) >= 11 is 0. The molecule has 0 spiro atoms. The molecule has 0 bridgehead atoms. The van der Waals surface area contributed by atoms with Crippen molar-refractivity contribution in [2.75, 3.05) is 52.9 Å². The molecule has 3 aromatic rings. The van der Waals surface area contributed by atoms with Gasteiger partial charge in [0.15, 0.2) is 17.1 Å². The third-order valence-corrected chi connectivity index (χ3v) is 5.99. The first-order chi connectivity index (χ1) is 16.5. The van der Waals surface area contributed by atoms with E-state index in [0.29, 0.717) is 35.1 Å². The number of piperidine rings is 1. The molecule has 1 N–H and O–H groups in total. The molecule has 0 unspecified atom stereocenters. The van der Waals surface area contributed by atoms with Crippen molar-refractivity contribution in [1.29, 1.82) is 0 Å². The van der Waals surface area contributed by atoms with E-state index in [2.05, 4.69) is 15.4 Å². The van der Waals surface area contributed by atoms with E-state index in [4.69, 9.17) is 23.5 Å². The summed E-state index contributed by atoms with van der Waals surface area (Å²) in [7, 11) is 4.53. The van der Waals surface area contributed by atoms with Crippen LogP contribution in [0.1, 0.15) is 24.5 Å². The molecule has 2 heterocycles. The van der Waals surface area contributed by atoms with Crippen LogP contribution in [0.5, 0.6) is 17.2 Å². The van der Waals surface area contributed by atoms with Crippen LogP contribution < -0.4 is 19.5 Å². The van der Waals surface area contributed by atoms with Crippen LogP contribution in [0.2, 0.25) is 0 Å². The zero-order valence-corrected chi connectivity index (χ0v) is 19.4. The highest BCUT2D eigenvalue weighted by atomic mass is 19.1. The predicted molar refractivity (Wildman–Crippen MR) is 123 cm³/mol. The van der Waals surface area contributed by atoms with Crippen LogP contribution in [-0.4, -0.2) is 63.7 Å². The Morgan fingerprint density at radius 1 is 1.12 bits per heavy atom. The normalized spacial score (nSPS) is 14.7. The molecule has 182 valence electrons. The lowest BCUT2D eigenvalue weighted by molar-refractivity contribution is 0.128. The number of benzene rings is 2. The first-order valence-electron chi connectivity index (χ1n) is 11.0. The zero-order valence-electron chi connectivity index (χ0n) is 19.4. The number of amides is 1. The molecule has 9 nitrogen and oxygen atoms in total. The molecule has 34 heavy (non-hydrogen) atoms. The number of nitrogens with one attached hydrogen (secondary N) is 1. The predicted octanol–water partition coefficient (Wildman–Crippen LogP) is 4.42. The Morgan fingerprint density at radius 3 is 2.47 bits per heavy atom. The van der Waals surface area contributed by atoms with E-state index in [1.54, 1.807) is 18.2 Å². The molecule has 0 atom stereocenters. The van der Waals surface area contributed by atoms with Crippen LogP contribution in [0.3, 0.4) is 0 Å². The van der Waals surface area contributed by atoms with Crippen molar-refractivity contribution in [3.8, 4) is 17.2 Å². The number of methoxy groups -OCH3 is 3. The van der Waals surface area contributed by atoms with Crippen molar-refractivity contribution in [2.24, 2.45) is 0 Å². The molecule has 1 fully saturated rings. The highest BCUT2D eigenvalue weighted by Gasteiger charge is 2.25. The molecule has 1 saturated heterocycles. The number of hydrogen-bond acceptors (Lipinski definition) is 8. The number of fused-ring (bicyclic) bond motifs is 1. The molecule has 1 amide bonds. The minimum Gasteiger partial charge on any atom is -0.493 e. The minimum absolute atomic E-state index is 0.257. The second kappa shape index (κ2) is 10.6.